The number of halogens is 1. The molecule has 2 aromatic rings. The van der Waals surface area contributed by atoms with Crippen molar-refractivity contribution < 1.29 is 4.39 Å². The molecule has 0 aliphatic carbocycles. The Balaban J connectivity index is 2.15. The third-order valence-electron chi connectivity index (χ3n) is 3.04. The number of aromatic nitrogens is 2. The second-order valence-corrected chi connectivity index (χ2v) is 4.64. The maximum absolute atomic E-state index is 12.9. The summed E-state index contributed by atoms with van der Waals surface area (Å²) in [5, 5.41) is 9.70. The smallest absolute Gasteiger partial charge is 0.268 e. The summed E-state index contributed by atoms with van der Waals surface area (Å²) in [7, 11) is 0. The zero-order valence-corrected chi connectivity index (χ0v) is 11.4. The lowest BCUT2D eigenvalue weighted by molar-refractivity contribution is 0.628. The Bertz CT molecular complexity index is 607. The van der Waals surface area contributed by atoms with E-state index in [1.54, 1.807) is 18.2 Å². The minimum absolute atomic E-state index is 0.195. The average molecular weight is 275 g/mol. The molecule has 0 unspecified atom stereocenters. The van der Waals surface area contributed by atoms with Gasteiger partial charge in [-0.25, -0.2) is 9.49 Å². The summed E-state index contributed by atoms with van der Waals surface area (Å²) in [4.78, 5) is 11.7. The van der Waals surface area contributed by atoms with E-state index >= 15 is 0 Å². The Morgan fingerprint density at radius 1 is 1.30 bits per heavy atom. The van der Waals surface area contributed by atoms with Gasteiger partial charge in [0.05, 0.1) is 5.69 Å². The van der Waals surface area contributed by atoms with Crippen molar-refractivity contribution in [3.8, 4) is 11.3 Å². The summed E-state index contributed by atoms with van der Waals surface area (Å²) in [5.41, 5.74) is 1.85. The molecule has 2 N–H and O–H groups in total. The molecule has 2 rings (SSSR count). The molecule has 106 valence electrons. The number of H-pyrrole nitrogens is 1. The van der Waals surface area contributed by atoms with Gasteiger partial charge in [0.25, 0.3) is 5.56 Å². The Labute approximate surface area is 117 Å². The van der Waals surface area contributed by atoms with Gasteiger partial charge < -0.3 is 5.32 Å². The molecule has 1 heterocycles. The average Bonchev–Trinajstić information content (AvgIpc) is 2.46. The Morgan fingerprint density at radius 3 is 2.75 bits per heavy atom. The number of unbranched alkanes of at least 4 members (excludes halogenated alkanes) is 1. The topological polar surface area (TPSA) is 57.8 Å². The van der Waals surface area contributed by atoms with Crippen LogP contribution < -0.4 is 10.9 Å². The summed E-state index contributed by atoms with van der Waals surface area (Å²) >= 11 is 0. The number of hydrogen-bond donors (Lipinski definition) is 2. The van der Waals surface area contributed by atoms with Crippen molar-refractivity contribution in [2.45, 2.75) is 26.3 Å². The number of aromatic amines is 1. The Morgan fingerprint density at radius 2 is 2.05 bits per heavy atom. The summed E-state index contributed by atoms with van der Waals surface area (Å²) in [6.45, 7) is 3.50. The molecule has 1 aromatic carbocycles. The van der Waals surface area contributed by atoms with Crippen LogP contribution in [-0.2, 0) is 6.54 Å². The molecule has 0 aliphatic rings. The number of nitrogens with one attached hydrogen (secondary N) is 2. The van der Waals surface area contributed by atoms with E-state index in [2.05, 4.69) is 22.4 Å². The van der Waals surface area contributed by atoms with Crippen molar-refractivity contribution in [3.05, 3.63) is 52.1 Å². The van der Waals surface area contributed by atoms with Crippen LogP contribution in [0.5, 0.6) is 0 Å². The third kappa shape index (κ3) is 3.74. The molecule has 0 atom stereocenters. The van der Waals surface area contributed by atoms with Gasteiger partial charge >= 0.3 is 0 Å². The lowest BCUT2D eigenvalue weighted by Crippen LogP contribution is -2.22. The second kappa shape index (κ2) is 6.96. The van der Waals surface area contributed by atoms with Crippen molar-refractivity contribution in [3.63, 3.8) is 0 Å². The van der Waals surface area contributed by atoms with E-state index in [0.29, 0.717) is 17.8 Å². The third-order valence-corrected chi connectivity index (χ3v) is 3.04. The van der Waals surface area contributed by atoms with Crippen molar-refractivity contribution >= 4 is 0 Å². The van der Waals surface area contributed by atoms with Crippen LogP contribution in [0.15, 0.2) is 35.1 Å². The Kier molecular flexibility index (Phi) is 5.01. The van der Waals surface area contributed by atoms with Crippen LogP contribution in [0.3, 0.4) is 0 Å². The van der Waals surface area contributed by atoms with Crippen LogP contribution in [-0.4, -0.2) is 16.7 Å². The maximum Gasteiger partial charge on any atom is 0.268 e. The predicted octanol–water partition coefficient (Wildman–Crippen LogP) is 2.47. The fourth-order valence-corrected chi connectivity index (χ4v) is 1.87. The first kappa shape index (κ1) is 14.4. The molecule has 1 aromatic heterocycles. The number of rotatable bonds is 6. The van der Waals surface area contributed by atoms with Gasteiger partial charge in [0.2, 0.25) is 0 Å². The van der Waals surface area contributed by atoms with Gasteiger partial charge in [0.1, 0.15) is 5.82 Å². The molecular weight excluding hydrogens is 257 g/mol. The quantitative estimate of drug-likeness (QED) is 0.796. The number of nitrogens with zero attached hydrogens (tertiary/aromatic N) is 1. The number of hydrogen-bond acceptors (Lipinski definition) is 3. The minimum Gasteiger partial charge on any atom is -0.312 e. The van der Waals surface area contributed by atoms with Crippen LogP contribution in [0.2, 0.25) is 0 Å². The van der Waals surface area contributed by atoms with Crippen LogP contribution in [0.4, 0.5) is 4.39 Å². The second-order valence-electron chi connectivity index (χ2n) is 4.64. The normalized spacial score (nSPS) is 10.7. The molecule has 4 nitrogen and oxygen atoms in total. The molecule has 0 spiro atoms. The van der Waals surface area contributed by atoms with E-state index in [4.69, 9.17) is 0 Å². The lowest BCUT2D eigenvalue weighted by Gasteiger charge is -2.05. The van der Waals surface area contributed by atoms with E-state index < -0.39 is 0 Å². The molecule has 0 radical (unpaired) electrons. The first-order valence-corrected chi connectivity index (χ1v) is 6.76. The molecule has 0 aliphatic heterocycles. The van der Waals surface area contributed by atoms with Crippen LogP contribution in [0.1, 0.15) is 25.3 Å². The van der Waals surface area contributed by atoms with Gasteiger partial charge in [-0.15, -0.1) is 0 Å². The SMILES string of the molecule is CCCCNCc1cc(-c2ccc(F)cc2)n[nH]c1=O. The molecule has 0 amide bonds. The predicted molar refractivity (Wildman–Crippen MR) is 76.9 cm³/mol. The standard InChI is InChI=1S/C15H18FN3O/c1-2-3-8-17-10-12-9-14(18-19-15(12)20)11-4-6-13(16)7-5-11/h4-7,9,17H,2-3,8,10H2,1H3,(H,19,20). The highest BCUT2D eigenvalue weighted by atomic mass is 19.1. The van der Waals surface area contributed by atoms with Crippen LogP contribution in [0.25, 0.3) is 11.3 Å². The molecule has 0 fully saturated rings. The summed E-state index contributed by atoms with van der Waals surface area (Å²) < 4.78 is 12.9. The fourth-order valence-electron chi connectivity index (χ4n) is 1.87. The van der Waals surface area contributed by atoms with Crippen molar-refractivity contribution in [2.24, 2.45) is 0 Å². The lowest BCUT2D eigenvalue weighted by atomic mass is 10.1. The van der Waals surface area contributed by atoms with Gasteiger partial charge in [0.15, 0.2) is 0 Å². The molecule has 5 heteroatoms. The highest BCUT2D eigenvalue weighted by Crippen LogP contribution is 2.16. The maximum atomic E-state index is 12.9. The highest BCUT2D eigenvalue weighted by molar-refractivity contribution is 5.58. The van der Waals surface area contributed by atoms with E-state index in [1.807, 2.05) is 0 Å². The molecule has 0 saturated heterocycles. The van der Waals surface area contributed by atoms with Crippen molar-refractivity contribution in [1.29, 1.82) is 0 Å². The highest BCUT2D eigenvalue weighted by Gasteiger charge is 2.05. The zero-order chi connectivity index (χ0) is 14.4. The molecule has 0 bridgehead atoms. The van der Waals surface area contributed by atoms with Gasteiger partial charge in [0, 0.05) is 17.7 Å². The van der Waals surface area contributed by atoms with Gasteiger partial charge in [-0.3, -0.25) is 4.79 Å². The summed E-state index contributed by atoms with van der Waals surface area (Å²) in [5.74, 6) is -0.292. The first-order chi connectivity index (χ1) is 9.70. The summed E-state index contributed by atoms with van der Waals surface area (Å²) in [6, 6.07) is 7.78. The minimum atomic E-state index is -0.292. The van der Waals surface area contributed by atoms with Crippen molar-refractivity contribution in [2.75, 3.05) is 6.54 Å². The molecular formula is C15H18FN3O. The van der Waals surface area contributed by atoms with E-state index in [9.17, 15) is 9.18 Å². The Hall–Kier alpha value is -2.01. The van der Waals surface area contributed by atoms with Crippen molar-refractivity contribution in [1.82, 2.24) is 15.5 Å². The zero-order valence-electron chi connectivity index (χ0n) is 11.4. The number of benzene rings is 1. The molecule has 20 heavy (non-hydrogen) atoms. The first-order valence-electron chi connectivity index (χ1n) is 6.76. The van der Waals surface area contributed by atoms with E-state index in [1.165, 1.54) is 12.1 Å². The monoisotopic (exact) mass is 275 g/mol. The molecule has 0 saturated carbocycles. The van der Waals surface area contributed by atoms with Gasteiger partial charge in [-0.05, 0) is 43.3 Å². The van der Waals surface area contributed by atoms with Crippen LogP contribution >= 0.6 is 0 Å². The van der Waals surface area contributed by atoms with Gasteiger partial charge in [-0.2, -0.15) is 5.10 Å². The van der Waals surface area contributed by atoms with Crippen LogP contribution in [0, 0.1) is 5.82 Å². The summed E-state index contributed by atoms with van der Waals surface area (Å²) in [6.07, 6.45) is 2.19. The van der Waals surface area contributed by atoms with Gasteiger partial charge in [-0.1, -0.05) is 13.3 Å². The van der Waals surface area contributed by atoms with E-state index in [-0.39, 0.29) is 11.4 Å². The fraction of sp³-hybridized carbons (Fsp3) is 0.333. The largest absolute Gasteiger partial charge is 0.312 e. The van der Waals surface area contributed by atoms with E-state index in [0.717, 1.165) is 24.9 Å².